The number of aryl methyl sites for hydroxylation is 1. The summed E-state index contributed by atoms with van der Waals surface area (Å²) in [6.07, 6.45) is 2.29. The number of hydrogen-bond donors (Lipinski definition) is 1. The topological polar surface area (TPSA) is 67.6 Å². The van der Waals surface area contributed by atoms with Crippen LogP contribution < -0.4 is 5.32 Å². The summed E-state index contributed by atoms with van der Waals surface area (Å²) in [6, 6.07) is 5.72. The summed E-state index contributed by atoms with van der Waals surface area (Å²) in [6.45, 7) is 5.31. The van der Waals surface area contributed by atoms with Crippen molar-refractivity contribution >= 4 is 11.4 Å². The molecule has 1 aliphatic heterocycles. The third-order valence-corrected chi connectivity index (χ3v) is 3.96. The zero-order chi connectivity index (χ0) is 15.2. The predicted molar refractivity (Wildman–Crippen MR) is 82.8 cm³/mol. The molecule has 0 radical (unpaired) electrons. The second-order valence-electron chi connectivity index (χ2n) is 5.48. The van der Waals surface area contributed by atoms with Crippen molar-refractivity contribution in [2.45, 2.75) is 25.8 Å². The molecule has 0 amide bonds. The molecule has 1 aromatic carbocycles. The zero-order valence-corrected chi connectivity index (χ0v) is 12.7. The lowest BCUT2D eigenvalue weighted by molar-refractivity contribution is -0.384. The molecule has 116 valence electrons. The number of benzene rings is 1. The molecule has 0 spiro atoms. The van der Waals surface area contributed by atoms with Gasteiger partial charge in [-0.3, -0.25) is 15.0 Å². The first-order valence-electron chi connectivity index (χ1n) is 7.33. The molecule has 0 aromatic heterocycles. The molecule has 1 aliphatic rings. The molecule has 6 heteroatoms. The number of nitrogens with one attached hydrogen (secondary N) is 1. The normalized spacial score (nSPS) is 18.9. The van der Waals surface area contributed by atoms with Gasteiger partial charge in [0.25, 0.3) is 5.69 Å². The smallest absolute Gasteiger partial charge is 0.292 e. The highest BCUT2D eigenvalue weighted by molar-refractivity contribution is 5.62. The predicted octanol–water partition coefficient (Wildman–Crippen LogP) is 2.43. The van der Waals surface area contributed by atoms with Gasteiger partial charge in [0.1, 0.15) is 5.69 Å². The number of nitrogens with zero attached hydrogens (tertiary/aromatic N) is 2. The molecule has 1 atom stereocenters. The van der Waals surface area contributed by atoms with Crippen molar-refractivity contribution in [3.05, 3.63) is 33.9 Å². The fraction of sp³-hybridized carbons (Fsp3) is 0.600. The second kappa shape index (κ2) is 7.38. The van der Waals surface area contributed by atoms with Crippen molar-refractivity contribution in [1.82, 2.24) is 4.90 Å². The van der Waals surface area contributed by atoms with Crippen LogP contribution in [0.3, 0.4) is 0 Å². The minimum absolute atomic E-state index is 0.149. The van der Waals surface area contributed by atoms with Gasteiger partial charge >= 0.3 is 0 Å². The molecule has 1 unspecified atom stereocenters. The summed E-state index contributed by atoms with van der Waals surface area (Å²) in [5.74, 6) is 0. The fourth-order valence-electron chi connectivity index (χ4n) is 2.80. The Morgan fingerprint density at radius 2 is 2.33 bits per heavy atom. The lowest BCUT2D eigenvalue weighted by atomic mass is 10.1. The van der Waals surface area contributed by atoms with Crippen molar-refractivity contribution in [3.63, 3.8) is 0 Å². The monoisotopic (exact) mass is 293 g/mol. The molecule has 1 saturated heterocycles. The van der Waals surface area contributed by atoms with E-state index in [1.165, 1.54) is 6.42 Å². The van der Waals surface area contributed by atoms with Gasteiger partial charge in [-0.25, -0.2) is 0 Å². The summed E-state index contributed by atoms with van der Waals surface area (Å²) < 4.78 is 5.13. The summed E-state index contributed by atoms with van der Waals surface area (Å²) >= 11 is 0. The van der Waals surface area contributed by atoms with Crippen LogP contribution in [0.15, 0.2) is 18.2 Å². The van der Waals surface area contributed by atoms with Crippen LogP contribution in [0.4, 0.5) is 11.4 Å². The van der Waals surface area contributed by atoms with E-state index in [-0.39, 0.29) is 10.6 Å². The third kappa shape index (κ3) is 4.15. The molecular weight excluding hydrogens is 270 g/mol. The number of rotatable bonds is 7. The molecule has 1 fully saturated rings. The highest BCUT2D eigenvalue weighted by Gasteiger charge is 2.24. The van der Waals surface area contributed by atoms with E-state index in [1.807, 2.05) is 13.0 Å². The number of likely N-dealkylation sites (tertiary alicyclic amines) is 1. The Balaban J connectivity index is 1.97. The van der Waals surface area contributed by atoms with Crippen LogP contribution in [0, 0.1) is 17.0 Å². The third-order valence-electron chi connectivity index (χ3n) is 3.96. The van der Waals surface area contributed by atoms with Gasteiger partial charge < -0.3 is 10.1 Å². The van der Waals surface area contributed by atoms with Crippen LogP contribution in [0.1, 0.15) is 18.4 Å². The number of hydrogen-bond acceptors (Lipinski definition) is 5. The van der Waals surface area contributed by atoms with Gasteiger partial charge in [-0.1, -0.05) is 6.07 Å². The van der Waals surface area contributed by atoms with E-state index in [0.29, 0.717) is 11.7 Å². The number of nitro groups is 1. The summed E-state index contributed by atoms with van der Waals surface area (Å²) in [5, 5.41) is 14.4. The van der Waals surface area contributed by atoms with Crippen LogP contribution in [0.25, 0.3) is 0 Å². The van der Waals surface area contributed by atoms with Crippen LogP contribution in [-0.2, 0) is 4.74 Å². The Kier molecular flexibility index (Phi) is 5.52. The SMILES string of the molecule is COCCN1CCCC1CNc1ccc(C)cc1[N+](=O)[O-]. The van der Waals surface area contributed by atoms with E-state index in [0.717, 1.165) is 38.2 Å². The first-order chi connectivity index (χ1) is 10.1. The summed E-state index contributed by atoms with van der Waals surface area (Å²) in [7, 11) is 1.71. The molecule has 0 bridgehead atoms. The second-order valence-corrected chi connectivity index (χ2v) is 5.48. The molecule has 0 aliphatic carbocycles. The van der Waals surface area contributed by atoms with Crippen molar-refractivity contribution in [2.75, 3.05) is 38.7 Å². The number of anilines is 1. The molecule has 6 nitrogen and oxygen atoms in total. The first kappa shape index (κ1) is 15.7. The van der Waals surface area contributed by atoms with Gasteiger partial charge in [0.2, 0.25) is 0 Å². The highest BCUT2D eigenvalue weighted by atomic mass is 16.6. The lowest BCUT2D eigenvalue weighted by Crippen LogP contribution is -2.37. The van der Waals surface area contributed by atoms with Crippen LogP contribution in [-0.4, -0.2) is 49.2 Å². The Morgan fingerprint density at radius 1 is 1.52 bits per heavy atom. The van der Waals surface area contributed by atoms with Gasteiger partial charge in [0.05, 0.1) is 11.5 Å². The Bertz CT molecular complexity index is 493. The Hall–Kier alpha value is -1.66. The summed E-state index contributed by atoms with van der Waals surface area (Å²) in [4.78, 5) is 13.2. The van der Waals surface area contributed by atoms with Crippen LogP contribution in [0.2, 0.25) is 0 Å². The van der Waals surface area contributed by atoms with E-state index >= 15 is 0 Å². The van der Waals surface area contributed by atoms with Gasteiger partial charge in [-0.05, 0) is 37.9 Å². The lowest BCUT2D eigenvalue weighted by Gasteiger charge is -2.24. The number of ether oxygens (including phenoxy) is 1. The standard InChI is InChI=1S/C15H23N3O3/c1-12-5-6-14(15(10-12)18(19)20)16-11-13-4-3-7-17(13)8-9-21-2/h5-6,10,13,16H,3-4,7-9,11H2,1-2H3. The summed E-state index contributed by atoms with van der Waals surface area (Å²) in [5.41, 5.74) is 1.65. The van der Waals surface area contributed by atoms with E-state index in [9.17, 15) is 10.1 Å². The van der Waals surface area contributed by atoms with Gasteiger partial charge in [0.15, 0.2) is 0 Å². The molecule has 21 heavy (non-hydrogen) atoms. The maximum absolute atomic E-state index is 11.1. The van der Waals surface area contributed by atoms with E-state index in [1.54, 1.807) is 19.2 Å². The molecule has 0 saturated carbocycles. The van der Waals surface area contributed by atoms with Gasteiger partial charge in [0, 0.05) is 32.3 Å². The van der Waals surface area contributed by atoms with Gasteiger partial charge in [-0.15, -0.1) is 0 Å². The van der Waals surface area contributed by atoms with Crippen LogP contribution in [0.5, 0.6) is 0 Å². The molecule has 1 heterocycles. The highest BCUT2D eigenvalue weighted by Crippen LogP contribution is 2.26. The van der Waals surface area contributed by atoms with Crippen molar-refractivity contribution in [2.24, 2.45) is 0 Å². The molecule has 1 aromatic rings. The first-order valence-corrected chi connectivity index (χ1v) is 7.33. The quantitative estimate of drug-likeness (QED) is 0.617. The molecule has 2 rings (SSSR count). The molecule has 1 N–H and O–H groups in total. The Morgan fingerprint density at radius 3 is 3.05 bits per heavy atom. The van der Waals surface area contributed by atoms with E-state index < -0.39 is 0 Å². The number of nitro benzene ring substituents is 1. The number of methoxy groups -OCH3 is 1. The average molecular weight is 293 g/mol. The van der Waals surface area contributed by atoms with Crippen LogP contribution >= 0.6 is 0 Å². The van der Waals surface area contributed by atoms with Crippen molar-refractivity contribution < 1.29 is 9.66 Å². The van der Waals surface area contributed by atoms with E-state index in [2.05, 4.69) is 10.2 Å². The minimum atomic E-state index is -0.327. The minimum Gasteiger partial charge on any atom is -0.383 e. The average Bonchev–Trinajstić information content (AvgIpc) is 2.91. The van der Waals surface area contributed by atoms with Crippen molar-refractivity contribution in [3.8, 4) is 0 Å². The zero-order valence-electron chi connectivity index (χ0n) is 12.7. The largest absolute Gasteiger partial charge is 0.383 e. The Labute approximate surface area is 125 Å². The van der Waals surface area contributed by atoms with E-state index in [4.69, 9.17) is 4.74 Å². The van der Waals surface area contributed by atoms with Crippen molar-refractivity contribution in [1.29, 1.82) is 0 Å². The fourth-order valence-corrected chi connectivity index (χ4v) is 2.80. The maximum atomic E-state index is 11.1. The molecular formula is C15H23N3O3. The van der Waals surface area contributed by atoms with Gasteiger partial charge in [-0.2, -0.15) is 0 Å². The maximum Gasteiger partial charge on any atom is 0.292 e.